The highest BCUT2D eigenvalue weighted by atomic mass is 35.5. The average Bonchev–Trinajstić information content (AvgIpc) is 2.74. The maximum absolute atomic E-state index is 13.2. The second kappa shape index (κ2) is 4.06. The average molecular weight is 258 g/mol. The lowest BCUT2D eigenvalue weighted by molar-refractivity contribution is 0.0686. The van der Waals surface area contributed by atoms with Gasteiger partial charge in [0, 0.05) is 11.6 Å². The molecule has 0 saturated carbocycles. The fraction of sp³-hybridized carbons (Fsp3) is 0. The number of benzene rings is 1. The molecule has 0 atom stereocenters. The minimum absolute atomic E-state index is 0.0446. The van der Waals surface area contributed by atoms with E-state index in [-0.39, 0.29) is 22.0 Å². The Hall–Kier alpha value is -2.08. The third kappa shape index (κ3) is 2.07. The zero-order valence-electron chi connectivity index (χ0n) is 8.15. The summed E-state index contributed by atoms with van der Waals surface area (Å²) in [6.45, 7) is 0. The lowest BCUT2D eigenvalue weighted by atomic mass is 10.1. The van der Waals surface area contributed by atoms with E-state index in [1.165, 1.54) is 6.07 Å². The molecule has 1 aromatic carbocycles. The zero-order chi connectivity index (χ0) is 12.6. The van der Waals surface area contributed by atoms with Crippen LogP contribution < -0.4 is 0 Å². The van der Waals surface area contributed by atoms with Crippen LogP contribution >= 0.6 is 11.6 Å². The number of halogens is 2. The predicted molar refractivity (Wildman–Crippen MR) is 55.5 cm³/mol. The van der Waals surface area contributed by atoms with Gasteiger partial charge in [-0.05, 0) is 12.1 Å². The molecule has 2 rings (SSSR count). The molecule has 2 aromatic rings. The van der Waals surface area contributed by atoms with E-state index in [1.54, 1.807) is 0 Å². The van der Waals surface area contributed by atoms with Crippen LogP contribution in [0.5, 0.6) is 5.75 Å². The van der Waals surface area contributed by atoms with E-state index in [9.17, 15) is 9.18 Å². The molecule has 0 unspecified atom stereocenters. The third-order valence-electron chi connectivity index (χ3n) is 2.03. The lowest BCUT2D eigenvalue weighted by Crippen LogP contribution is -1.94. The van der Waals surface area contributed by atoms with Crippen molar-refractivity contribution < 1.29 is 23.9 Å². The first-order valence-electron chi connectivity index (χ1n) is 4.37. The summed E-state index contributed by atoms with van der Waals surface area (Å²) in [5.41, 5.74) is -0.116. The number of hydrogen-bond acceptors (Lipinski definition) is 4. The van der Waals surface area contributed by atoms with Crippen LogP contribution in [-0.2, 0) is 0 Å². The largest absolute Gasteiger partial charge is 0.504 e. The number of phenolic OH excluding ortho intramolecular Hbond substituents is 1. The summed E-state index contributed by atoms with van der Waals surface area (Å²) >= 11 is 5.57. The Morgan fingerprint density at radius 2 is 2.12 bits per heavy atom. The SMILES string of the molecule is O=C(O)c1cc(-c2cc(F)c(O)c(Cl)c2)on1. The number of phenols is 1. The van der Waals surface area contributed by atoms with Gasteiger partial charge in [0.1, 0.15) is 0 Å². The van der Waals surface area contributed by atoms with Crippen molar-refractivity contribution in [3.05, 3.63) is 34.7 Å². The highest BCUT2D eigenvalue weighted by Gasteiger charge is 2.15. The number of aromatic nitrogens is 1. The minimum atomic E-state index is -1.26. The molecule has 2 N–H and O–H groups in total. The normalized spacial score (nSPS) is 10.5. The van der Waals surface area contributed by atoms with Crippen molar-refractivity contribution >= 4 is 17.6 Å². The number of aromatic carboxylic acids is 1. The van der Waals surface area contributed by atoms with Gasteiger partial charge in [0.25, 0.3) is 0 Å². The minimum Gasteiger partial charge on any atom is -0.504 e. The van der Waals surface area contributed by atoms with Gasteiger partial charge in [0.15, 0.2) is 23.0 Å². The van der Waals surface area contributed by atoms with Gasteiger partial charge in [-0.25, -0.2) is 9.18 Å². The van der Waals surface area contributed by atoms with Gasteiger partial charge in [-0.3, -0.25) is 0 Å². The first kappa shape index (κ1) is 11.4. The summed E-state index contributed by atoms with van der Waals surface area (Å²) in [5.74, 6) is -2.82. The Bertz CT molecular complexity index is 573. The maximum atomic E-state index is 13.2. The van der Waals surface area contributed by atoms with E-state index in [2.05, 4.69) is 5.16 Å². The molecular formula is C10H5ClFNO4. The van der Waals surface area contributed by atoms with Crippen LogP contribution in [0.1, 0.15) is 10.5 Å². The molecule has 0 saturated heterocycles. The Balaban J connectivity index is 2.49. The lowest BCUT2D eigenvalue weighted by Gasteiger charge is -2.00. The molecule has 7 heteroatoms. The summed E-state index contributed by atoms with van der Waals surface area (Å²) in [6, 6.07) is 3.34. The van der Waals surface area contributed by atoms with Crippen molar-refractivity contribution in [3.63, 3.8) is 0 Å². The summed E-state index contributed by atoms with van der Waals surface area (Å²) in [4.78, 5) is 10.6. The summed E-state index contributed by atoms with van der Waals surface area (Å²) in [6.07, 6.45) is 0. The fourth-order valence-corrected chi connectivity index (χ4v) is 1.43. The van der Waals surface area contributed by atoms with E-state index in [0.717, 1.165) is 12.1 Å². The monoisotopic (exact) mass is 257 g/mol. The fourth-order valence-electron chi connectivity index (χ4n) is 1.22. The molecule has 0 bridgehead atoms. The van der Waals surface area contributed by atoms with Gasteiger partial charge in [-0.15, -0.1) is 0 Å². The van der Waals surface area contributed by atoms with Crippen molar-refractivity contribution in [1.29, 1.82) is 0 Å². The maximum Gasteiger partial charge on any atom is 0.358 e. The van der Waals surface area contributed by atoms with Crippen molar-refractivity contribution in [3.8, 4) is 17.1 Å². The van der Waals surface area contributed by atoms with Crippen LogP contribution in [0.25, 0.3) is 11.3 Å². The Kier molecular flexibility index (Phi) is 2.72. The standard InChI is InChI=1S/C10H5ClFNO4/c11-5-1-4(2-6(12)9(5)14)8-3-7(10(15)16)13-17-8/h1-3,14H,(H,15,16). The number of carbonyl (C=O) groups is 1. The molecule has 1 aromatic heterocycles. The highest BCUT2D eigenvalue weighted by Crippen LogP contribution is 2.32. The number of aromatic hydroxyl groups is 1. The predicted octanol–water partition coefficient (Wildman–Crippen LogP) is 2.54. The van der Waals surface area contributed by atoms with Gasteiger partial charge < -0.3 is 14.7 Å². The van der Waals surface area contributed by atoms with Crippen LogP contribution in [0.3, 0.4) is 0 Å². The molecular weight excluding hydrogens is 253 g/mol. The molecule has 88 valence electrons. The summed E-state index contributed by atoms with van der Waals surface area (Å²) in [5, 5.41) is 20.8. The van der Waals surface area contributed by atoms with Gasteiger partial charge in [0.2, 0.25) is 0 Å². The van der Waals surface area contributed by atoms with E-state index in [0.29, 0.717) is 0 Å². The van der Waals surface area contributed by atoms with E-state index < -0.39 is 17.5 Å². The van der Waals surface area contributed by atoms with Crippen LogP contribution in [-0.4, -0.2) is 21.3 Å². The number of carboxylic acids is 1. The zero-order valence-corrected chi connectivity index (χ0v) is 8.90. The first-order chi connectivity index (χ1) is 7.99. The van der Waals surface area contributed by atoms with E-state index in [4.69, 9.17) is 26.3 Å². The molecule has 5 nitrogen and oxygen atoms in total. The molecule has 0 amide bonds. The smallest absolute Gasteiger partial charge is 0.358 e. The second-order valence-corrected chi connectivity index (χ2v) is 3.58. The number of rotatable bonds is 2. The van der Waals surface area contributed by atoms with Crippen LogP contribution in [0.4, 0.5) is 4.39 Å². The van der Waals surface area contributed by atoms with Gasteiger partial charge in [-0.2, -0.15) is 0 Å². The molecule has 17 heavy (non-hydrogen) atoms. The first-order valence-corrected chi connectivity index (χ1v) is 4.75. The van der Waals surface area contributed by atoms with Crippen molar-refractivity contribution in [2.24, 2.45) is 0 Å². The Morgan fingerprint density at radius 3 is 2.65 bits per heavy atom. The molecule has 0 aliphatic heterocycles. The number of nitrogens with zero attached hydrogens (tertiary/aromatic N) is 1. The number of carboxylic acid groups (broad SMARTS) is 1. The Labute approximate surface area is 99.0 Å². The van der Waals surface area contributed by atoms with Crippen LogP contribution in [0, 0.1) is 5.82 Å². The molecule has 0 fully saturated rings. The molecule has 0 aliphatic rings. The Morgan fingerprint density at radius 1 is 1.41 bits per heavy atom. The van der Waals surface area contributed by atoms with Crippen LogP contribution in [0.2, 0.25) is 5.02 Å². The van der Waals surface area contributed by atoms with Crippen LogP contribution in [0.15, 0.2) is 22.7 Å². The topological polar surface area (TPSA) is 83.6 Å². The quantitative estimate of drug-likeness (QED) is 0.864. The molecule has 0 spiro atoms. The second-order valence-electron chi connectivity index (χ2n) is 3.17. The molecule has 1 heterocycles. The summed E-state index contributed by atoms with van der Waals surface area (Å²) in [7, 11) is 0. The molecule has 0 radical (unpaired) electrons. The van der Waals surface area contributed by atoms with Gasteiger partial charge in [0.05, 0.1) is 5.02 Å². The molecule has 0 aliphatic carbocycles. The van der Waals surface area contributed by atoms with E-state index in [1.807, 2.05) is 0 Å². The van der Waals surface area contributed by atoms with Gasteiger partial charge in [-0.1, -0.05) is 16.8 Å². The third-order valence-corrected chi connectivity index (χ3v) is 2.32. The number of hydrogen-bond donors (Lipinski definition) is 2. The van der Waals surface area contributed by atoms with E-state index >= 15 is 0 Å². The van der Waals surface area contributed by atoms with Gasteiger partial charge >= 0.3 is 5.97 Å². The van der Waals surface area contributed by atoms with Crippen molar-refractivity contribution in [1.82, 2.24) is 5.16 Å². The van der Waals surface area contributed by atoms with Crippen molar-refractivity contribution in [2.75, 3.05) is 0 Å². The summed E-state index contributed by atoms with van der Waals surface area (Å²) < 4.78 is 17.9. The van der Waals surface area contributed by atoms with Crippen molar-refractivity contribution in [2.45, 2.75) is 0 Å². The highest BCUT2D eigenvalue weighted by molar-refractivity contribution is 6.32.